The average molecular weight is 361 g/mol. The molecular formula is C21H19N3OS. The number of aromatic nitrogens is 2. The number of hydrogen-bond acceptors (Lipinski definition) is 3. The molecule has 0 aliphatic rings. The van der Waals surface area contributed by atoms with Crippen LogP contribution in [0.4, 0.5) is 0 Å². The highest BCUT2D eigenvalue weighted by Crippen LogP contribution is 2.27. The lowest BCUT2D eigenvalue weighted by molar-refractivity contribution is -0.124. The molecule has 0 radical (unpaired) electrons. The molecule has 4 aromatic rings. The van der Waals surface area contributed by atoms with Crippen molar-refractivity contribution in [3.63, 3.8) is 0 Å². The number of nitrogens with one attached hydrogen (secondary N) is 1. The molecule has 130 valence electrons. The highest BCUT2D eigenvalue weighted by atomic mass is 32.1. The first-order valence-electron chi connectivity index (χ1n) is 8.54. The van der Waals surface area contributed by atoms with Gasteiger partial charge in [-0.3, -0.25) is 4.79 Å². The summed E-state index contributed by atoms with van der Waals surface area (Å²) in [6.07, 6.45) is 1.73. The van der Waals surface area contributed by atoms with Crippen LogP contribution in [0.15, 0.2) is 78.4 Å². The van der Waals surface area contributed by atoms with E-state index in [4.69, 9.17) is 0 Å². The van der Waals surface area contributed by atoms with E-state index in [1.54, 1.807) is 17.7 Å². The fraction of sp³-hybridized carbons (Fsp3) is 0.143. The molecule has 4 rings (SSSR count). The molecule has 2 atom stereocenters. The Hall–Kier alpha value is -2.92. The molecule has 26 heavy (non-hydrogen) atoms. The number of rotatable bonds is 5. The van der Waals surface area contributed by atoms with E-state index in [1.165, 1.54) is 0 Å². The van der Waals surface area contributed by atoms with E-state index >= 15 is 0 Å². The van der Waals surface area contributed by atoms with Gasteiger partial charge in [-0.15, -0.1) is 11.3 Å². The lowest BCUT2D eigenvalue weighted by Gasteiger charge is -2.21. The summed E-state index contributed by atoms with van der Waals surface area (Å²) in [7, 11) is 0. The average Bonchev–Trinajstić information content (AvgIpc) is 3.36. The van der Waals surface area contributed by atoms with Crippen molar-refractivity contribution in [2.75, 3.05) is 0 Å². The highest BCUT2D eigenvalue weighted by molar-refractivity contribution is 7.10. The molecule has 1 amide bonds. The Balaban J connectivity index is 1.62. The number of fused-ring (bicyclic) bond motifs is 1. The SMILES string of the molecule is C[C@@H](C(=O)N[C@@H](c1ccccc1)c1cccs1)n1cnc2ccccc21. The van der Waals surface area contributed by atoms with E-state index in [0.29, 0.717) is 0 Å². The number of carbonyl (C=O) groups is 1. The number of para-hydroxylation sites is 2. The molecule has 0 fully saturated rings. The van der Waals surface area contributed by atoms with Crippen molar-refractivity contribution < 1.29 is 4.79 Å². The standard InChI is InChI=1S/C21H19N3OS/c1-15(24-14-22-17-10-5-6-11-18(17)24)21(25)23-20(19-12-7-13-26-19)16-8-3-2-4-9-16/h2-15,20H,1H3,(H,23,25)/t15-,20-/m0/s1. The molecule has 0 saturated heterocycles. The molecule has 0 bridgehead atoms. The van der Waals surface area contributed by atoms with Crippen LogP contribution in [-0.2, 0) is 4.79 Å². The molecular weight excluding hydrogens is 342 g/mol. The van der Waals surface area contributed by atoms with Crippen molar-refractivity contribution in [3.05, 3.63) is 88.9 Å². The van der Waals surface area contributed by atoms with Crippen LogP contribution in [0.3, 0.4) is 0 Å². The third kappa shape index (κ3) is 3.13. The molecule has 0 saturated carbocycles. The van der Waals surface area contributed by atoms with Crippen LogP contribution < -0.4 is 5.32 Å². The van der Waals surface area contributed by atoms with Gasteiger partial charge in [-0.25, -0.2) is 4.98 Å². The third-order valence-corrected chi connectivity index (χ3v) is 5.46. The molecule has 5 heteroatoms. The minimum absolute atomic E-state index is 0.0320. The summed E-state index contributed by atoms with van der Waals surface area (Å²) < 4.78 is 1.92. The van der Waals surface area contributed by atoms with Crippen LogP contribution in [0.2, 0.25) is 0 Å². The van der Waals surface area contributed by atoms with Crippen LogP contribution in [0, 0.1) is 0 Å². The molecule has 0 aliphatic carbocycles. The predicted molar refractivity (Wildman–Crippen MR) is 105 cm³/mol. The first-order valence-corrected chi connectivity index (χ1v) is 9.42. The van der Waals surface area contributed by atoms with Crippen molar-refractivity contribution in [3.8, 4) is 0 Å². The Morgan fingerprint density at radius 1 is 1.04 bits per heavy atom. The van der Waals surface area contributed by atoms with Gasteiger partial charge in [0.05, 0.1) is 23.4 Å². The number of imidazole rings is 1. The van der Waals surface area contributed by atoms with Gasteiger partial charge < -0.3 is 9.88 Å². The fourth-order valence-corrected chi connectivity index (χ4v) is 3.90. The normalized spacial score (nSPS) is 13.4. The molecule has 2 aromatic carbocycles. The van der Waals surface area contributed by atoms with Crippen LogP contribution in [0.5, 0.6) is 0 Å². The highest BCUT2D eigenvalue weighted by Gasteiger charge is 2.23. The molecule has 1 N–H and O–H groups in total. The fourth-order valence-electron chi connectivity index (χ4n) is 3.10. The van der Waals surface area contributed by atoms with Crippen molar-refractivity contribution in [1.29, 1.82) is 0 Å². The number of nitrogens with zero attached hydrogens (tertiary/aromatic N) is 2. The van der Waals surface area contributed by atoms with Crippen LogP contribution in [0.1, 0.15) is 29.4 Å². The van der Waals surface area contributed by atoms with Crippen LogP contribution >= 0.6 is 11.3 Å². The van der Waals surface area contributed by atoms with Gasteiger partial charge in [0.2, 0.25) is 5.91 Å². The minimum Gasteiger partial charge on any atom is -0.343 e. The van der Waals surface area contributed by atoms with Gasteiger partial charge in [0.15, 0.2) is 0 Å². The van der Waals surface area contributed by atoms with Crippen LogP contribution in [-0.4, -0.2) is 15.5 Å². The maximum atomic E-state index is 13.0. The Morgan fingerprint density at radius 2 is 1.81 bits per heavy atom. The maximum Gasteiger partial charge on any atom is 0.243 e. The van der Waals surface area contributed by atoms with Crippen molar-refractivity contribution in [2.45, 2.75) is 19.0 Å². The zero-order chi connectivity index (χ0) is 17.9. The number of carbonyl (C=O) groups excluding carboxylic acids is 1. The van der Waals surface area contributed by atoms with Crippen molar-refractivity contribution in [1.82, 2.24) is 14.9 Å². The van der Waals surface area contributed by atoms with E-state index in [1.807, 2.05) is 77.5 Å². The van der Waals surface area contributed by atoms with Gasteiger partial charge in [-0.2, -0.15) is 0 Å². The van der Waals surface area contributed by atoms with Crippen molar-refractivity contribution in [2.24, 2.45) is 0 Å². The zero-order valence-electron chi connectivity index (χ0n) is 14.4. The van der Waals surface area contributed by atoms with E-state index in [0.717, 1.165) is 21.5 Å². The number of benzene rings is 2. The molecule has 0 aliphatic heterocycles. The second kappa shape index (κ2) is 7.14. The predicted octanol–water partition coefficient (Wildman–Crippen LogP) is 4.56. The van der Waals surface area contributed by atoms with Gasteiger partial charge in [0, 0.05) is 4.88 Å². The Morgan fingerprint density at radius 3 is 2.58 bits per heavy atom. The Labute approximate surface area is 156 Å². The van der Waals surface area contributed by atoms with Gasteiger partial charge in [0.25, 0.3) is 0 Å². The topological polar surface area (TPSA) is 46.9 Å². The summed E-state index contributed by atoms with van der Waals surface area (Å²) in [6.45, 7) is 1.90. The van der Waals surface area contributed by atoms with Gasteiger partial charge in [-0.1, -0.05) is 48.5 Å². The smallest absolute Gasteiger partial charge is 0.243 e. The van der Waals surface area contributed by atoms with E-state index in [-0.39, 0.29) is 18.0 Å². The monoisotopic (exact) mass is 361 g/mol. The summed E-state index contributed by atoms with van der Waals surface area (Å²) in [5, 5.41) is 5.24. The van der Waals surface area contributed by atoms with Crippen molar-refractivity contribution >= 4 is 28.3 Å². The molecule has 0 unspecified atom stereocenters. The second-order valence-corrected chi connectivity index (χ2v) is 7.16. The minimum atomic E-state index is -0.353. The van der Waals surface area contributed by atoms with E-state index in [9.17, 15) is 4.79 Å². The first-order chi connectivity index (χ1) is 12.7. The third-order valence-electron chi connectivity index (χ3n) is 4.53. The molecule has 2 aromatic heterocycles. The molecule has 2 heterocycles. The number of hydrogen-bond donors (Lipinski definition) is 1. The van der Waals surface area contributed by atoms with E-state index < -0.39 is 0 Å². The summed E-state index contributed by atoms with van der Waals surface area (Å²) in [5.74, 6) is -0.0320. The molecule has 0 spiro atoms. The number of amides is 1. The summed E-state index contributed by atoms with van der Waals surface area (Å²) in [6, 6.07) is 21.5. The number of thiophene rings is 1. The Bertz CT molecular complexity index is 1010. The summed E-state index contributed by atoms with van der Waals surface area (Å²) in [4.78, 5) is 18.5. The summed E-state index contributed by atoms with van der Waals surface area (Å²) >= 11 is 1.65. The zero-order valence-corrected chi connectivity index (χ0v) is 15.2. The van der Waals surface area contributed by atoms with Gasteiger partial charge >= 0.3 is 0 Å². The van der Waals surface area contributed by atoms with Crippen LogP contribution in [0.25, 0.3) is 11.0 Å². The summed E-state index contributed by atoms with van der Waals surface area (Å²) in [5.41, 5.74) is 2.93. The van der Waals surface area contributed by atoms with Gasteiger partial charge in [-0.05, 0) is 36.1 Å². The lowest BCUT2D eigenvalue weighted by Crippen LogP contribution is -2.34. The molecule has 4 nitrogen and oxygen atoms in total. The van der Waals surface area contributed by atoms with Gasteiger partial charge in [0.1, 0.15) is 6.04 Å². The largest absolute Gasteiger partial charge is 0.343 e. The quantitative estimate of drug-likeness (QED) is 0.566. The maximum absolute atomic E-state index is 13.0. The Kier molecular flexibility index (Phi) is 4.54. The first kappa shape index (κ1) is 16.5. The lowest BCUT2D eigenvalue weighted by atomic mass is 10.0. The van der Waals surface area contributed by atoms with E-state index in [2.05, 4.69) is 16.4 Å². The second-order valence-electron chi connectivity index (χ2n) is 6.18.